The van der Waals surface area contributed by atoms with Gasteiger partial charge in [-0.05, 0) is 55.7 Å². The van der Waals surface area contributed by atoms with Gasteiger partial charge in [-0.2, -0.15) is 0 Å². The van der Waals surface area contributed by atoms with Gasteiger partial charge in [-0.3, -0.25) is 14.4 Å². The number of ether oxygens (including phenoxy) is 1. The Morgan fingerprint density at radius 2 is 1.97 bits per heavy atom. The van der Waals surface area contributed by atoms with Crippen molar-refractivity contribution in [3.05, 3.63) is 59.4 Å². The van der Waals surface area contributed by atoms with E-state index >= 15 is 0 Å². The SMILES string of the molecule is CCOc1ccc(CNC(=O)CN2C(=O)[C@@H]3CCCN3C(=O)c3cc(F)ccc32)cc1. The van der Waals surface area contributed by atoms with Crippen molar-refractivity contribution in [2.24, 2.45) is 0 Å². The molecule has 31 heavy (non-hydrogen) atoms. The van der Waals surface area contributed by atoms with Crippen LogP contribution < -0.4 is 15.0 Å². The predicted octanol–water partition coefficient (Wildman–Crippen LogP) is 2.49. The highest BCUT2D eigenvalue weighted by molar-refractivity contribution is 6.12. The first-order chi connectivity index (χ1) is 15.0. The third-order valence-electron chi connectivity index (χ3n) is 5.57. The minimum atomic E-state index is -0.623. The van der Waals surface area contributed by atoms with Crippen molar-refractivity contribution in [1.82, 2.24) is 10.2 Å². The number of fused-ring (bicyclic) bond motifs is 2. The van der Waals surface area contributed by atoms with Crippen molar-refractivity contribution < 1.29 is 23.5 Å². The molecule has 1 fully saturated rings. The number of carbonyl (C=O) groups is 3. The predicted molar refractivity (Wildman–Crippen MR) is 112 cm³/mol. The second-order valence-electron chi connectivity index (χ2n) is 7.60. The molecule has 2 aliphatic rings. The van der Waals surface area contributed by atoms with Crippen LogP contribution in [0.1, 0.15) is 35.7 Å². The lowest BCUT2D eigenvalue weighted by atomic mass is 10.1. The van der Waals surface area contributed by atoms with E-state index in [2.05, 4.69) is 5.32 Å². The zero-order valence-electron chi connectivity index (χ0n) is 17.3. The third-order valence-corrected chi connectivity index (χ3v) is 5.57. The van der Waals surface area contributed by atoms with Crippen LogP contribution in [0.5, 0.6) is 5.75 Å². The average Bonchev–Trinajstić information content (AvgIpc) is 3.24. The number of halogens is 1. The van der Waals surface area contributed by atoms with Crippen LogP contribution in [0, 0.1) is 5.82 Å². The Morgan fingerprint density at radius 3 is 2.71 bits per heavy atom. The van der Waals surface area contributed by atoms with Gasteiger partial charge in [0, 0.05) is 13.1 Å². The summed E-state index contributed by atoms with van der Waals surface area (Å²) in [5.41, 5.74) is 1.26. The molecule has 4 rings (SSSR count). The average molecular weight is 425 g/mol. The lowest BCUT2D eigenvalue weighted by Gasteiger charge is -2.25. The molecule has 2 aromatic rings. The van der Waals surface area contributed by atoms with E-state index in [1.165, 1.54) is 21.9 Å². The molecule has 0 spiro atoms. The molecule has 1 saturated heterocycles. The van der Waals surface area contributed by atoms with Crippen LogP contribution in [0.25, 0.3) is 0 Å². The highest BCUT2D eigenvalue weighted by Crippen LogP contribution is 2.32. The number of nitrogens with one attached hydrogen (secondary N) is 1. The van der Waals surface area contributed by atoms with E-state index in [9.17, 15) is 18.8 Å². The molecular formula is C23H24FN3O4. The van der Waals surface area contributed by atoms with Gasteiger partial charge in [0.15, 0.2) is 0 Å². The third kappa shape index (κ3) is 4.23. The topological polar surface area (TPSA) is 79.0 Å². The second-order valence-corrected chi connectivity index (χ2v) is 7.60. The first kappa shape index (κ1) is 20.8. The molecule has 7 nitrogen and oxygen atoms in total. The molecule has 0 unspecified atom stereocenters. The van der Waals surface area contributed by atoms with Gasteiger partial charge in [-0.25, -0.2) is 4.39 Å². The second kappa shape index (κ2) is 8.75. The van der Waals surface area contributed by atoms with Crippen LogP contribution in [-0.2, 0) is 16.1 Å². The van der Waals surface area contributed by atoms with Crippen LogP contribution in [0.15, 0.2) is 42.5 Å². The first-order valence-electron chi connectivity index (χ1n) is 10.4. The molecule has 1 N–H and O–H groups in total. The minimum Gasteiger partial charge on any atom is -0.494 e. The number of hydrogen-bond acceptors (Lipinski definition) is 4. The Kier molecular flexibility index (Phi) is 5.88. The molecule has 2 aromatic carbocycles. The molecule has 0 saturated carbocycles. The summed E-state index contributed by atoms with van der Waals surface area (Å²) in [6.45, 7) is 2.97. The largest absolute Gasteiger partial charge is 0.494 e. The fourth-order valence-corrected chi connectivity index (χ4v) is 4.07. The van der Waals surface area contributed by atoms with Crippen LogP contribution in [0.3, 0.4) is 0 Å². The van der Waals surface area contributed by atoms with E-state index in [1.807, 2.05) is 31.2 Å². The van der Waals surface area contributed by atoms with Crippen LogP contribution in [-0.4, -0.2) is 48.4 Å². The van der Waals surface area contributed by atoms with Gasteiger partial charge < -0.3 is 19.9 Å². The lowest BCUT2D eigenvalue weighted by molar-refractivity contribution is -0.125. The first-order valence-corrected chi connectivity index (χ1v) is 10.4. The van der Waals surface area contributed by atoms with Crippen molar-refractivity contribution >= 4 is 23.4 Å². The van der Waals surface area contributed by atoms with Gasteiger partial charge in [-0.1, -0.05) is 12.1 Å². The molecule has 3 amide bonds. The summed E-state index contributed by atoms with van der Waals surface area (Å²) in [5.74, 6) is -0.856. The van der Waals surface area contributed by atoms with Crippen LogP contribution in [0.4, 0.5) is 10.1 Å². The van der Waals surface area contributed by atoms with Gasteiger partial charge >= 0.3 is 0 Å². The normalized spacial score (nSPS) is 17.8. The zero-order chi connectivity index (χ0) is 22.0. The fraction of sp³-hybridized carbons (Fsp3) is 0.348. The van der Waals surface area contributed by atoms with E-state index in [-0.39, 0.29) is 42.1 Å². The number of amides is 3. The number of carbonyl (C=O) groups excluding carboxylic acids is 3. The monoisotopic (exact) mass is 425 g/mol. The van der Waals surface area contributed by atoms with Crippen LogP contribution in [0.2, 0.25) is 0 Å². The maximum absolute atomic E-state index is 13.9. The number of rotatable bonds is 6. The Hall–Kier alpha value is -3.42. The Morgan fingerprint density at radius 1 is 1.19 bits per heavy atom. The van der Waals surface area contributed by atoms with Crippen molar-refractivity contribution in [1.29, 1.82) is 0 Å². The van der Waals surface area contributed by atoms with Gasteiger partial charge in [0.1, 0.15) is 24.2 Å². The number of anilines is 1. The highest BCUT2D eigenvalue weighted by atomic mass is 19.1. The van der Waals surface area contributed by atoms with E-state index in [0.717, 1.165) is 17.4 Å². The van der Waals surface area contributed by atoms with E-state index in [0.29, 0.717) is 26.0 Å². The standard InChI is InChI=1S/C23H24FN3O4/c1-2-31-17-8-5-15(6-9-17)13-25-21(28)14-27-19-10-7-16(24)12-18(19)22(29)26-11-3-4-20(26)23(27)30/h5-10,12,20H,2-4,11,13-14H2,1H3,(H,25,28)/t20-/m0/s1. The van der Waals surface area contributed by atoms with Crippen molar-refractivity contribution in [3.63, 3.8) is 0 Å². The molecule has 0 aromatic heterocycles. The number of hydrogen-bond donors (Lipinski definition) is 1. The summed E-state index contributed by atoms with van der Waals surface area (Å²) in [6.07, 6.45) is 1.23. The van der Waals surface area contributed by atoms with E-state index < -0.39 is 11.9 Å². The smallest absolute Gasteiger partial charge is 0.256 e. The summed E-state index contributed by atoms with van der Waals surface area (Å²) in [4.78, 5) is 41.5. The van der Waals surface area contributed by atoms with Gasteiger partial charge in [-0.15, -0.1) is 0 Å². The lowest BCUT2D eigenvalue weighted by Crippen LogP contribution is -2.48. The molecular weight excluding hydrogens is 401 g/mol. The summed E-state index contributed by atoms with van der Waals surface area (Å²) < 4.78 is 19.3. The quantitative estimate of drug-likeness (QED) is 0.771. The molecule has 2 heterocycles. The van der Waals surface area contributed by atoms with Crippen molar-refractivity contribution in [2.45, 2.75) is 32.4 Å². The van der Waals surface area contributed by atoms with Gasteiger partial charge in [0.05, 0.1) is 17.9 Å². The molecule has 162 valence electrons. The van der Waals surface area contributed by atoms with Gasteiger partial charge in [0.2, 0.25) is 11.8 Å². The highest BCUT2D eigenvalue weighted by Gasteiger charge is 2.42. The zero-order valence-corrected chi connectivity index (χ0v) is 17.3. The summed E-state index contributed by atoms with van der Waals surface area (Å²) in [5, 5.41) is 2.81. The number of benzene rings is 2. The van der Waals surface area contributed by atoms with Crippen molar-refractivity contribution in [3.8, 4) is 5.75 Å². The molecule has 1 atom stereocenters. The number of nitrogens with zero attached hydrogens (tertiary/aromatic N) is 2. The summed E-state index contributed by atoms with van der Waals surface area (Å²) in [6, 6.07) is 10.5. The summed E-state index contributed by atoms with van der Waals surface area (Å²) in [7, 11) is 0. The molecule has 2 aliphatic heterocycles. The molecule has 8 heteroatoms. The Bertz CT molecular complexity index is 1010. The van der Waals surface area contributed by atoms with Crippen LogP contribution >= 0.6 is 0 Å². The maximum Gasteiger partial charge on any atom is 0.256 e. The minimum absolute atomic E-state index is 0.108. The van der Waals surface area contributed by atoms with E-state index in [1.54, 1.807) is 0 Å². The van der Waals surface area contributed by atoms with Gasteiger partial charge in [0.25, 0.3) is 5.91 Å². The maximum atomic E-state index is 13.9. The molecule has 0 bridgehead atoms. The molecule has 0 aliphatic carbocycles. The molecule has 0 radical (unpaired) electrons. The van der Waals surface area contributed by atoms with E-state index in [4.69, 9.17) is 4.74 Å². The summed E-state index contributed by atoms with van der Waals surface area (Å²) >= 11 is 0. The Labute approximate surface area is 179 Å². The fourth-order valence-electron chi connectivity index (χ4n) is 4.07. The van der Waals surface area contributed by atoms with Crippen molar-refractivity contribution in [2.75, 3.05) is 24.6 Å². The Balaban J connectivity index is 1.51.